The number of hydrogen-bond donors (Lipinski definition) is 1. The average Bonchev–Trinajstić information content (AvgIpc) is 2.62. The van der Waals surface area contributed by atoms with Gasteiger partial charge in [0.25, 0.3) is 5.91 Å². The van der Waals surface area contributed by atoms with Crippen molar-refractivity contribution in [2.24, 2.45) is 5.92 Å². The second kappa shape index (κ2) is 8.26. The van der Waals surface area contributed by atoms with Crippen LogP contribution < -0.4 is 15.0 Å². The van der Waals surface area contributed by atoms with Crippen molar-refractivity contribution in [1.82, 2.24) is 0 Å². The Morgan fingerprint density at radius 2 is 1.92 bits per heavy atom. The van der Waals surface area contributed by atoms with E-state index in [-0.39, 0.29) is 12.5 Å². The van der Waals surface area contributed by atoms with Gasteiger partial charge in [0.2, 0.25) is 0 Å². The van der Waals surface area contributed by atoms with E-state index >= 15 is 0 Å². The molecule has 1 saturated heterocycles. The van der Waals surface area contributed by atoms with Crippen molar-refractivity contribution >= 4 is 28.9 Å². The highest BCUT2D eigenvalue weighted by Gasteiger charge is 2.15. The minimum Gasteiger partial charge on any atom is -0.484 e. The zero-order chi connectivity index (χ0) is 17.6. The van der Waals surface area contributed by atoms with Crippen LogP contribution in [0.25, 0.3) is 0 Å². The van der Waals surface area contributed by atoms with Gasteiger partial charge in [0, 0.05) is 29.5 Å². The lowest BCUT2D eigenvalue weighted by molar-refractivity contribution is -0.118. The van der Waals surface area contributed by atoms with E-state index in [0.29, 0.717) is 10.8 Å². The molecule has 0 radical (unpaired) electrons. The van der Waals surface area contributed by atoms with Crippen molar-refractivity contribution in [2.45, 2.75) is 19.8 Å². The first kappa shape index (κ1) is 17.6. The van der Waals surface area contributed by atoms with Crippen LogP contribution in [-0.4, -0.2) is 25.6 Å². The molecular formula is C20H23ClN2O2. The molecule has 1 N–H and O–H groups in total. The number of rotatable bonds is 5. The van der Waals surface area contributed by atoms with E-state index in [1.165, 1.54) is 18.5 Å². The Hall–Kier alpha value is -2.20. The number of ether oxygens (including phenoxy) is 1. The van der Waals surface area contributed by atoms with Gasteiger partial charge in [-0.05, 0) is 61.2 Å². The van der Waals surface area contributed by atoms with E-state index in [1.807, 2.05) is 12.1 Å². The van der Waals surface area contributed by atoms with E-state index in [9.17, 15) is 4.79 Å². The van der Waals surface area contributed by atoms with Gasteiger partial charge in [0.05, 0.1) is 0 Å². The van der Waals surface area contributed by atoms with Crippen molar-refractivity contribution in [3.63, 3.8) is 0 Å². The summed E-state index contributed by atoms with van der Waals surface area (Å²) in [5.41, 5.74) is 1.98. The van der Waals surface area contributed by atoms with Crippen molar-refractivity contribution in [1.29, 1.82) is 0 Å². The van der Waals surface area contributed by atoms with Crippen LogP contribution in [0.4, 0.5) is 11.4 Å². The van der Waals surface area contributed by atoms with E-state index < -0.39 is 0 Å². The molecule has 1 aliphatic rings. The summed E-state index contributed by atoms with van der Waals surface area (Å²) < 4.78 is 5.45. The molecule has 2 aromatic carbocycles. The van der Waals surface area contributed by atoms with Crippen molar-refractivity contribution in [2.75, 3.05) is 29.9 Å². The maximum atomic E-state index is 12.0. The fourth-order valence-electron chi connectivity index (χ4n) is 2.93. The Bertz CT molecular complexity index is 710. The highest BCUT2D eigenvalue weighted by Crippen LogP contribution is 2.24. The molecule has 0 atom stereocenters. The number of benzene rings is 2. The molecule has 0 bridgehead atoms. The van der Waals surface area contributed by atoms with Crippen LogP contribution in [0, 0.1) is 5.92 Å². The monoisotopic (exact) mass is 358 g/mol. The van der Waals surface area contributed by atoms with Crippen LogP contribution in [0.2, 0.25) is 5.02 Å². The quantitative estimate of drug-likeness (QED) is 0.849. The number of nitrogens with zero attached hydrogens (tertiary/aromatic N) is 1. The van der Waals surface area contributed by atoms with Gasteiger partial charge in [-0.25, -0.2) is 0 Å². The minimum atomic E-state index is -0.195. The lowest BCUT2D eigenvalue weighted by Gasteiger charge is -2.32. The standard InChI is InChI=1S/C20H23ClN2O2/c1-15-9-11-23(12-10-15)18-7-5-17(6-8-18)22-20(24)14-25-19-4-2-3-16(21)13-19/h2-8,13,15H,9-12,14H2,1H3,(H,22,24). The maximum absolute atomic E-state index is 12.0. The molecule has 3 rings (SSSR count). The fourth-order valence-corrected chi connectivity index (χ4v) is 3.11. The smallest absolute Gasteiger partial charge is 0.262 e. The predicted octanol–water partition coefficient (Wildman–Crippen LogP) is 4.59. The molecule has 0 unspecified atom stereocenters. The largest absolute Gasteiger partial charge is 0.484 e. The van der Waals surface area contributed by atoms with Gasteiger partial charge >= 0.3 is 0 Å². The van der Waals surface area contributed by atoms with Crippen LogP contribution >= 0.6 is 11.6 Å². The molecule has 0 saturated carbocycles. The number of nitrogens with one attached hydrogen (secondary N) is 1. The zero-order valence-corrected chi connectivity index (χ0v) is 15.1. The van der Waals surface area contributed by atoms with Gasteiger partial charge in [0.15, 0.2) is 6.61 Å². The number of piperidine rings is 1. The summed E-state index contributed by atoms with van der Waals surface area (Å²) in [7, 11) is 0. The minimum absolute atomic E-state index is 0.0495. The van der Waals surface area contributed by atoms with Crippen LogP contribution in [0.15, 0.2) is 48.5 Å². The van der Waals surface area contributed by atoms with Crippen molar-refractivity contribution in [3.05, 3.63) is 53.6 Å². The highest BCUT2D eigenvalue weighted by atomic mass is 35.5. The third kappa shape index (κ3) is 5.13. The van der Waals surface area contributed by atoms with Gasteiger partial charge < -0.3 is 15.0 Å². The Labute approximate surface area is 153 Å². The normalized spacial score (nSPS) is 15.0. The van der Waals surface area contributed by atoms with E-state index in [4.69, 9.17) is 16.3 Å². The summed E-state index contributed by atoms with van der Waals surface area (Å²) in [5, 5.41) is 3.43. The molecule has 0 aromatic heterocycles. The number of hydrogen-bond acceptors (Lipinski definition) is 3. The summed E-state index contributed by atoms with van der Waals surface area (Å²) >= 11 is 5.89. The van der Waals surface area contributed by atoms with Crippen LogP contribution in [0.3, 0.4) is 0 Å². The van der Waals surface area contributed by atoms with Crippen LogP contribution in [-0.2, 0) is 4.79 Å². The Balaban J connectivity index is 1.50. The van der Waals surface area contributed by atoms with Gasteiger partial charge in [-0.2, -0.15) is 0 Å². The number of amides is 1. The summed E-state index contributed by atoms with van der Waals surface area (Å²) in [6.45, 7) is 4.45. The third-order valence-corrected chi connectivity index (χ3v) is 4.70. The second-order valence-electron chi connectivity index (χ2n) is 6.51. The topological polar surface area (TPSA) is 41.6 Å². The number of anilines is 2. The molecule has 1 amide bonds. The maximum Gasteiger partial charge on any atom is 0.262 e. The van der Waals surface area contributed by atoms with Gasteiger partial charge in [-0.1, -0.05) is 24.6 Å². The first-order valence-electron chi connectivity index (χ1n) is 8.63. The summed E-state index contributed by atoms with van der Waals surface area (Å²) in [6.07, 6.45) is 2.47. The molecule has 0 aliphatic carbocycles. The summed E-state index contributed by atoms with van der Waals surface area (Å²) in [5.74, 6) is 1.20. The SMILES string of the molecule is CC1CCN(c2ccc(NC(=O)COc3cccc(Cl)c3)cc2)CC1. The predicted molar refractivity (Wildman–Crippen MR) is 103 cm³/mol. The van der Waals surface area contributed by atoms with E-state index in [2.05, 4.69) is 29.3 Å². The first-order valence-corrected chi connectivity index (χ1v) is 9.01. The fraction of sp³-hybridized carbons (Fsp3) is 0.350. The molecule has 25 heavy (non-hydrogen) atoms. The molecule has 5 heteroatoms. The Kier molecular flexibility index (Phi) is 5.82. The molecule has 132 valence electrons. The molecule has 0 spiro atoms. The molecule has 4 nitrogen and oxygen atoms in total. The van der Waals surface area contributed by atoms with Crippen molar-refractivity contribution in [3.8, 4) is 5.75 Å². The lowest BCUT2D eigenvalue weighted by atomic mass is 9.99. The number of carbonyl (C=O) groups excluding carboxylic acids is 1. The summed E-state index contributed by atoms with van der Waals surface area (Å²) in [6, 6.07) is 15.0. The van der Waals surface area contributed by atoms with Gasteiger partial charge in [-0.15, -0.1) is 0 Å². The highest BCUT2D eigenvalue weighted by molar-refractivity contribution is 6.30. The summed E-state index contributed by atoms with van der Waals surface area (Å²) in [4.78, 5) is 14.4. The van der Waals surface area contributed by atoms with E-state index in [0.717, 1.165) is 24.7 Å². The Morgan fingerprint density at radius 1 is 1.20 bits per heavy atom. The number of halogens is 1. The van der Waals surface area contributed by atoms with Crippen molar-refractivity contribution < 1.29 is 9.53 Å². The average molecular weight is 359 g/mol. The molecule has 1 fully saturated rings. The zero-order valence-electron chi connectivity index (χ0n) is 14.4. The molecular weight excluding hydrogens is 336 g/mol. The van der Waals surface area contributed by atoms with Gasteiger partial charge in [0.1, 0.15) is 5.75 Å². The molecule has 1 aliphatic heterocycles. The molecule has 1 heterocycles. The van der Waals surface area contributed by atoms with Crippen LogP contribution in [0.5, 0.6) is 5.75 Å². The first-order chi connectivity index (χ1) is 12.1. The van der Waals surface area contributed by atoms with Crippen LogP contribution in [0.1, 0.15) is 19.8 Å². The number of carbonyl (C=O) groups is 1. The molecule has 2 aromatic rings. The third-order valence-electron chi connectivity index (χ3n) is 4.47. The second-order valence-corrected chi connectivity index (χ2v) is 6.95. The van der Waals surface area contributed by atoms with Gasteiger partial charge in [-0.3, -0.25) is 4.79 Å². The lowest BCUT2D eigenvalue weighted by Crippen LogP contribution is -2.32. The Morgan fingerprint density at radius 3 is 2.60 bits per heavy atom. The van der Waals surface area contributed by atoms with E-state index in [1.54, 1.807) is 24.3 Å².